The van der Waals surface area contributed by atoms with E-state index in [2.05, 4.69) is 5.32 Å². The van der Waals surface area contributed by atoms with Gasteiger partial charge in [0.25, 0.3) is 0 Å². The van der Waals surface area contributed by atoms with E-state index in [0.29, 0.717) is 35.9 Å². The first-order chi connectivity index (χ1) is 14.9. The van der Waals surface area contributed by atoms with Gasteiger partial charge >= 0.3 is 0 Å². The smallest absolute Gasteiger partial charge is 0.245 e. The molecule has 2 aliphatic heterocycles. The van der Waals surface area contributed by atoms with Crippen LogP contribution in [-0.2, 0) is 15.0 Å². The number of nitrogens with two attached hydrogens (primary N) is 1. The zero-order chi connectivity index (χ0) is 21.9. The molecule has 0 saturated heterocycles. The molecule has 0 bridgehead atoms. The first kappa shape index (κ1) is 19.0. The number of rotatable bonds is 1. The summed E-state index contributed by atoms with van der Waals surface area (Å²) in [4.78, 5) is 27.9. The van der Waals surface area contributed by atoms with E-state index in [1.54, 1.807) is 24.3 Å². The van der Waals surface area contributed by atoms with E-state index in [4.69, 9.17) is 5.73 Å². The number of nitrogens with zero attached hydrogens (tertiary/aromatic N) is 2. The molecule has 2 aromatic carbocycles. The number of carbonyl (C=O) groups excluding carboxylic acids is 2. The molecule has 3 N–H and O–H groups in total. The van der Waals surface area contributed by atoms with Crippen molar-refractivity contribution in [2.45, 2.75) is 24.7 Å². The van der Waals surface area contributed by atoms with Crippen LogP contribution in [0.15, 0.2) is 65.1 Å². The number of Topliss-reactive ketones (excluding diaryl/α,β-unsaturated/α-hetero) is 1. The average Bonchev–Trinajstić information content (AvgIpc) is 3.02. The van der Waals surface area contributed by atoms with Crippen LogP contribution in [0.5, 0.6) is 0 Å². The largest absolute Gasteiger partial charge is 0.384 e. The maximum absolute atomic E-state index is 14.8. The maximum Gasteiger partial charge on any atom is 0.245 e. The monoisotopic (exact) mass is 418 g/mol. The summed E-state index contributed by atoms with van der Waals surface area (Å²) in [5.74, 6) is -2.67. The summed E-state index contributed by atoms with van der Waals surface area (Å²) < 4.78 is 28.3. The molecule has 0 saturated carbocycles. The maximum atomic E-state index is 14.8. The number of allylic oxidation sites excluding steroid dienone is 1. The molecule has 1 atom stereocenters. The summed E-state index contributed by atoms with van der Waals surface area (Å²) in [5, 5.41) is 12.9. The van der Waals surface area contributed by atoms with Crippen molar-refractivity contribution >= 4 is 23.1 Å². The average molecular weight is 418 g/mol. The Balaban J connectivity index is 1.89. The van der Waals surface area contributed by atoms with Crippen LogP contribution in [0, 0.1) is 23.0 Å². The Bertz CT molecular complexity index is 1290. The second-order valence-electron chi connectivity index (χ2n) is 7.65. The summed E-state index contributed by atoms with van der Waals surface area (Å²) in [6, 6.07) is 11.8. The van der Waals surface area contributed by atoms with Crippen molar-refractivity contribution in [1.82, 2.24) is 0 Å². The number of benzene rings is 2. The molecule has 31 heavy (non-hydrogen) atoms. The molecule has 0 radical (unpaired) electrons. The normalized spacial score (nSPS) is 22.4. The molecule has 0 fully saturated rings. The molecule has 0 aromatic heterocycles. The molecule has 3 aliphatic rings. The number of halogens is 2. The van der Waals surface area contributed by atoms with Crippen LogP contribution < -0.4 is 16.0 Å². The summed E-state index contributed by atoms with van der Waals surface area (Å²) in [6.07, 6.45) is 1.01. The number of ketones is 1. The highest BCUT2D eigenvalue weighted by molar-refractivity contribution is 6.19. The van der Waals surface area contributed by atoms with E-state index in [0.717, 1.165) is 6.07 Å². The fourth-order valence-corrected chi connectivity index (χ4v) is 4.88. The number of fused-ring (bicyclic) bond motifs is 3. The Hall–Kier alpha value is -3.99. The SMILES string of the molecule is N#CC1=C(N)N(c2ccc(F)cc2F)C2=C(C(=O)CCC2)C12C(=O)Nc1ccccc12. The van der Waals surface area contributed by atoms with E-state index in [1.165, 1.54) is 11.0 Å². The number of anilines is 2. The lowest BCUT2D eigenvalue weighted by Gasteiger charge is -2.43. The third-order valence-electron chi connectivity index (χ3n) is 6.08. The van der Waals surface area contributed by atoms with E-state index in [1.807, 2.05) is 6.07 Å². The van der Waals surface area contributed by atoms with Gasteiger partial charge in [-0.15, -0.1) is 0 Å². The molecule has 1 amide bonds. The predicted octanol–water partition coefficient (Wildman–Crippen LogP) is 3.38. The van der Waals surface area contributed by atoms with Crippen molar-refractivity contribution in [2.75, 3.05) is 10.2 Å². The second kappa shape index (κ2) is 6.51. The van der Waals surface area contributed by atoms with Crippen LogP contribution >= 0.6 is 0 Å². The minimum absolute atomic E-state index is 0.0876. The molecule has 1 spiro atoms. The predicted molar refractivity (Wildman–Crippen MR) is 108 cm³/mol. The minimum Gasteiger partial charge on any atom is -0.384 e. The Morgan fingerprint density at radius 1 is 1.13 bits per heavy atom. The summed E-state index contributed by atoms with van der Waals surface area (Å²) >= 11 is 0. The molecular formula is C23H16F2N4O2. The quantitative estimate of drug-likeness (QED) is 0.740. The van der Waals surface area contributed by atoms with Gasteiger partial charge in [-0.3, -0.25) is 14.5 Å². The van der Waals surface area contributed by atoms with Crippen molar-refractivity contribution in [3.8, 4) is 6.07 Å². The highest BCUT2D eigenvalue weighted by atomic mass is 19.1. The molecule has 5 rings (SSSR count). The molecule has 8 heteroatoms. The van der Waals surface area contributed by atoms with Gasteiger partial charge in [0, 0.05) is 35.0 Å². The van der Waals surface area contributed by atoms with Gasteiger partial charge < -0.3 is 11.1 Å². The van der Waals surface area contributed by atoms with E-state index < -0.39 is 23.0 Å². The number of nitriles is 1. The van der Waals surface area contributed by atoms with Crippen molar-refractivity contribution in [3.05, 3.63) is 82.3 Å². The Labute approximate surface area is 176 Å². The van der Waals surface area contributed by atoms with Crippen LogP contribution in [0.4, 0.5) is 20.2 Å². The zero-order valence-electron chi connectivity index (χ0n) is 16.2. The Morgan fingerprint density at radius 3 is 2.65 bits per heavy atom. The van der Waals surface area contributed by atoms with Crippen molar-refractivity contribution < 1.29 is 18.4 Å². The van der Waals surface area contributed by atoms with Gasteiger partial charge in [-0.2, -0.15) is 5.26 Å². The first-order valence-electron chi connectivity index (χ1n) is 9.74. The fourth-order valence-electron chi connectivity index (χ4n) is 4.88. The summed E-state index contributed by atoms with van der Waals surface area (Å²) in [6.45, 7) is 0. The lowest BCUT2D eigenvalue weighted by molar-refractivity contribution is -0.122. The van der Waals surface area contributed by atoms with Gasteiger partial charge in [0.2, 0.25) is 5.91 Å². The van der Waals surface area contributed by atoms with Gasteiger partial charge in [-0.1, -0.05) is 18.2 Å². The van der Waals surface area contributed by atoms with Crippen molar-refractivity contribution in [1.29, 1.82) is 5.26 Å². The number of hydrogen-bond donors (Lipinski definition) is 2. The van der Waals surface area contributed by atoms with Crippen LogP contribution in [0.3, 0.4) is 0 Å². The van der Waals surface area contributed by atoms with E-state index in [9.17, 15) is 23.6 Å². The van der Waals surface area contributed by atoms with Gasteiger partial charge in [0.1, 0.15) is 28.9 Å². The standard InChI is InChI=1S/C23H16F2N4O2/c24-12-8-9-17(15(25)10-12)29-18-6-3-7-19(30)20(18)23(14(11-26)21(29)27)13-4-1-2-5-16(13)28-22(23)31/h1-2,4-5,8-10H,3,6-7,27H2,(H,28,31). The van der Waals surface area contributed by atoms with Gasteiger partial charge in [0.05, 0.1) is 11.3 Å². The highest BCUT2D eigenvalue weighted by Crippen LogP contribution is 2.55. The summed E-state index contributed by atoms with van der Waals surface area (Å²) in [5.41, 5.74) is 5.87. The van der Waals surface area contributed by atoms with Crippen molar-refractivity contribution in [2.24, 2.45) is 5.73 Å². The Morgan fingerprint density at radius 2 is 1.90 bits per heavy atom. The lowest BCUT2D eigenvalue weighted by Crippen LogP contribution is -2.50. The number of para-hydroxylation sites is 1. The highest BCUT2D eigenvalue weighted by Gasteiger charge is 2.60. The fraction of sp³-hybridized carbons (Fsp3) is 0.174. The van der Waals surface area contributed by atoms with Crippen LogP contribution in [0.25, 0.3) is 0 Å². The van der Waals surface area contributed by atoms with E-state index >= 15 is 0 Å². The molecule has 2 aromatic rings. The molecule has 6 nitrogen and oxygen atoms in total. The van der Waals surface area contributed by atoms with Crippen LogP contribution in [-0.4, -0.2) is 11.7 Å². The molecule has 2 heterocycles. The number of amides is 1. The van der Waals surface area contributed by atoms with Crippen LogP contribution in [0.1, 0.15) is 24.8 Å². The van der Waals surface area contributed by atoms with Gasteiger partial charge in [-0.25, -0.2) is 8.78 Å². The van der Waals surface area contributed by atoms with Gasteiger partial charge in [0.15, 0.2) is 5.78 Å². The molecule has 1 unspecified atom stereocenters. The second-order valence-corrected chi connectivity index (χ2v) is 7.65. The molecule has 1 aliphatic carbocycles. The summed E-state index contributed by atoms with van der Waals surface area (Å²) in [7, 11) is 0. The third-order valence-corrected chi connectivity index (χ3v) is 6.08. The topological polar surface area (TPSA) is 99.2 Å². The Kier molecular flexibility index (Phi) is 3.99. The lowest BCUT2D eigenvalue weighted by atomic mass is 9.64. The van der Waals surface area contributed by atoms with E-state index in [-0.39, 0.29) is 34.9 Å². The first-order valence-corrected chi connectivity index (χ1v) is 9.74. The zero-order valence-corrected chi connectivity index (χ0v) is 16.2. The molecular weight excluding hydrogens is 402 g/mol. The number of nitrogens with one attached hydrogen (secondary N) is 1. The van der Waals surface area contributed by atoms with Gasteiger partial charge in [-0.05, 0) is 31.0 Å². The molecule has 154 valence electrons. The van der Waals surface area contributed by atoms with Crippen LogP contribution in [0.2, 0.25) is 0 Å². The minimum atomic E-state index is -1.70. The number of hydrogen-bond acceptors (Lipinski definition) is 5. The third kappa shape index (κ3) is 2.34. The van der Waals surface area contributed by atoms with Crippen molar-refractivity contribution in [3.63, 3.8) is 0 Å². The number of carbonyl (C=O) groups is 2.